The molecule has 1 amide bonds. The molecule has 0 saturated carbocycles. The zero-order valence-corrected chi connectivity index (χ0v) is 12.6. The normalized spacial score (nSPS) is 10.1. The van der Waals surface area contributed by atoms with Gasteiger partial charge in [0.1, 0.15) is 11.3 Å². The number of anilines is 1. The molecule has 5 nitrogen and oxygen atoms in total. The summed E-state index contributed by atoms with van der Waals surface area (Å²) in [7, 11) is 1.59. The van der Waals surface area contributed by atoms with Crippen molar-refractivity contribution < 1.29 is 19.4 Å². The Morgan fingerprint density at radius 3 is 2.55 bits per heavy atom. The molecule has 0 bridgehead atoms. The minimum Gasteiger partial charge on any atom is -0.507 e. The van der Waals surface area contributed by atoms with E-state index in [1.165, 1.54) is 23.1 Å². The van der Waals surface area contributed by atoms with E-state index in [-0.39, 0.29) is 22.2 Å². The van der Waals surface area contributed by atoms with E-state index in [2.05, 4.69) is 0 Å². The molecule has 0 unspecified atom stereocenters. The summed E-state index contributed by atoms with van der Waals surface area (Å²) in [5, 5.41) is 9.89. The van der Waals surface area contributed by atoms with Crippen LogP contribution < -0.4 is 4.90 Å². The molecule has 2 aromatic carbocycles. The van der Waals surface area contributed by atoms with E-state index in [1.807, 2.05) is 6.07 Å². The lowest BCUT2D eigenvalue weighted by Crippen LogP contribution is -2.31. The smallest absolute Gasteiger partial charge is 0.342 e. The minimum atomic E-state index is -0.810. The van der Waals surface area contributed by atoms with Gasteiger partial charge in [-0.3, -0.25) is 4.79 Å². The zero-order valence-electron chi connectivity index (χ0n) is 11.8. The highest BCUT2D eigenvalue weighted by Gasteiger charge is 2.17. The van der Waals surface area contributed by atoms with Crippen molar-refractivity contribution in [3.63, 3.8) is 0 Å². The number of likely N-dealkylation sites (N-methyl/N-ethyl adjacent to an activating group) is 1. The van der Waals surface area contributed by atoms with E-state index >= 15 is 0 Å². The highest BCUT2D eigenvalue weighted by molar-refractivity contribution is 6.31. The first-order valence-electron chi connectivity index (χ1n) is 6.46. The van der Waals surface area contributed by atoms with Crippen molar-refractivity contribution in [1.82, 2.24) is 0 Å². The van der Waals surface area contributed by atoms with E-state index in [4.69, 9.17) is 16.3 Å². The third kappa shape index (κ3) is 3.77. The standard InChI is InChI=1S/C16H14ClNO4/c1-18(12-5-3-2-4-6-12)15(20)10-22-16(21)13-9-11(17)7-8-14(13)19/h2-9,19H,10H2,1H3. The van der Waals surface area contributed by atoms with Crippen molar-refractivity contribution in [3.8, 4) is 5.75 Å². The van der Waals surface area contributed by atoms with Crippen molar-refractivity contribution in [2.24, 2.45) is 0 Å². The summed E-state index contributed by atoms with van der Waals surface area (Å²) in [4.78, 5) is 25.2. The van der Waals surface area contributed by atoms with Crippen molar-refractivity contribution in [2.45, 2.75) is 0 Å². The molecule has 114 valence electrons. The summed E-state index contributed by atoms with van der Waals surface area (Å²) in [6.45, 7) is -0.434. The number of hydrogen-bond acceptors (Lipinski definition) is 4. The third-order valence-electron chi connectivity index (χ3n) is 3.02. The molecule has 22 heavy (non-hydrogen) atoms. The maximum absolute atomic E-state index is 12.0. The van der Waals surface area contributed by atoms with Gasteiger partial charge in [0.05, 0.1) is 0 Å². The zero-order chi connectivity index (χ0) is 16.1. The number of phenols is 1. The van der Waals surface area contributed by atoms with Gasteiger partial charge in [-0.1, -0.05) is 29.8 Å². The molecule has 0 aromatic heterocycles. The number of amides is 1. The highest BCUT2D eigenvalue weighted by atomic mass is 35.5. The van der Waals surface area contributed by atoms with Gasteiger partial charge in [0.15, 0.2) is 6.61 Å². The van der Waals surface area contributed by atoms with Crippen LogP contribution in [0.15, 0.2) is 48.5 Å². The fourth-order valence-corrected chi connectivity index (χ4v) is 1.94. The number of ether oxygens (including phenoxy) is 1. The summed E-state index contributed by atoms with van der Waals surface area (Å²) in [5.41, 5.74) is 0.608. The Balaban J connectivity index is 1.99. The molecule has 2 rings (SSSR count). The van der Waals surface area contributed by atoms with Crippen LogP contribution in [0.25, 0.3) is 0 Å². The van der Waals surface area contributed by atoms with E-state index in [0.29, 0.717) is 5.69 Å². The molecule has 0 heterocycles. The van der Waals surface area contributed by atoms with Crippen LogP contribution in [0, 0.1) is 0 Å². The average Bonchev–Trinajstić information content (AvgIpc) is 2.54. The Morgan fingerprint density at radius 2 is 1.86 bits per heavy atom. The Labute approximate surface area is 132 Å². The van der Waals surface area contributed by atoms with Gasteiger partial charge in [-0.05, 0) is 30.3 Å². The number of carbonyl (C=O) groups is 2. The second-order valence-corrected chi connectivity index (χ2v) is 4.96. The van der Waals surface area contributed by atoms with E-state index in [9.17, 15) is 14.7 Å². The monoisotopic (exact) mass is 319 g/mol. The molecule has 0 radical (unpaired) electrons. The van der Waals surface area contributed by atoms with E-state index in [1.54, 1.807) is 31.3 Å². The van der Waals surface area contributed by atoms with Crippen molar-refractivity contribution in [1.29, 1.82) is 0 Å². The van der Waals surface area contributed by atoms with Gasteiger partial charge in [-0.2, -0.15) is 0 Å². The second kappa shape index (κ2) is 6.95. The third-order valence-corrected chi connectivity index (χ3v) is 3.26. The lowest BCUT2D eigenvalue weighted by molar-refractivity contribution is -0.121. The summed E-state index contributed by atoms with van der Waals surface area (Å²) < 4.78 is 4.92. The number of rotatable bonds is 4. The molecule has 0 spiro atoms. The van der Waals surface area contributed by atoms with Crippen LogP contribution in [-0.4, -0.2) is 30.6 Å². The summed E-state index contributed by atoms with van der Waals surface area (Å²) in [6.07, 6.45) is 0. The Bertz CT molecular complexity index is 688. The van der Waals surface area contributed by atoms with Crippen LogP contribution in [0.3, 0.4) is 0 Å². The minimum absolute atomic E-state index is 0.0809. The molecule has 1 N–H and O–H groups in total. The van der Waals surface area contributed by atoms with Crippen LogP contribution in [0.5, 0.6) is 5.75 Å². The van der Waals surface area contributed by atoms with E-state index < -0.39 is 12.6 Å². The number of nitrogens with zero attached hydrogens (tertiary/aromatic N) is 1. The molecular formula is C16H14ClNO4. The fraction of sp³-hybridized carbons (Fsp3) is 0.125. The molecule has 0 aliphatic carbocycles. The first-order valence-corrected chi connectivity index (χ1v) is 6.84. The lowest BCUT2D eigenvalue weighted by Gasteiger charge is -2.17. The molecule has 0 aliphatic heterocycles. The Hall–Kier alpha value is -2.53. The highest BCUT2D eigenvalue weighted by Crippen LogP contribution is 2.22. The van der Waals surface area contributed by atoms with Gasteiger partial charge < -0.3 is 14.7 Å². The van der Waals surface area contributed by atoms with Crippen LogP contribution >= 0.6 is 11.6 Å². The summed E-state index contributed by atoms with van der Waals surface area (Å²) in [6, 6.07) is 13.0. The quantitative estimate of drug-likeness (QED) is 0.880. The topological polar surface area (TPSA) is 66.8 Å². The summed E-state index contributed by atoms with van der Waals surface area (Å²) in [5.74, 6) is -1.45. The predicted octanol–water partition coefficient (Wildman–Crippen LogP) is 2.87. The largest absolute Gasteiger partial charge is 0.507 e. The average molecular weight is 320 g/mol. The first kappa shape index (κ1) is 15.9. The van der Waals surface area contributed by atoms with Crippen molar-refractivity contribution in [2.75, 3.05) is 18.6 Å². The number of halogens is 1. The number of benzene rings is 2. The molecule has 2 aromatic rings. The summed E-state index contributed by atoms with van der Waals surface area (Å²) >= 11 is 5.76. The molecule has 6 heteroatoms. The van der Waals surface area contributed by atoms with Gasteiger partial charge in [0.2, 0.25) is 0 Å². The van der Waals surface area contributed by atoms with Gasteiger partial charge >= 0.3 is 5.97 Å². The maximum Gasteiger partial charge on any atom is 0.342 e. The van der Waals surface area contributed by atoms with Gasteiger partial charge in [0, 0.05) is 17.8 Å². The molecular weight excluding hydrogens is 306 g/mol. The number of hydrogen-bond donors (Lipinski definition) is 1. The van der Waals surface area contributed by atoms with Crippen molar-refractivity contribution in [3.05, 3.63) is 59.1 Å². The Kier molecular flexibility index (Phi) is 5.01. The maximum atomic E-state index is 12.0. The van der Waals surface area contributed by atoms with E-state index in [0.717, 1.165) is 0 Å². The number of para-hydroxylation sites is 1. The van der Waals surface area contributed by atoms with Gasteiger partial charge in [-0.15, -0.1) is 0 Å². The van der Waals surface area contributed by atoms with Crippen LogP contribution in [0.1, 0.15) is 10.4 Å². The number of carbonyl (C=O) groups excluding carboxylic acids is 2. The lowest BCUT2D eigenvalue weighted by atomic mass is 10.2. The molecule has 0 saturated heterocycles. The van der Waals surface area contributed by atoms with Crippen LogP contribution in [0.4, 0.5) is 5.69 Å². The van der Waals surface area contributed by atoms with Crippen LogP contribution in [-0.2, 0) is 9.53 Å². The number of phenolic OH excluding ortho intramolecular Hbond substituents is 1. The first-order chi connectivity index (χ1) is 10.5. The SMILES string of the molecule is CN(C(=O)COC(=O)c1cc(Cl)ccc1O)c1ccccc1. The van der Waals surface area contributed by atoms with Gasteiger partial charge in [0.25, 0.3) is 5.91 Å². The molecule has 0 atom stereocenters. The second-order valence-electron chi connectivity index (χ2n) is 4.53. The Morgan fingerprint density at radius 1 is 1.18 bits per heavy atom. The molecule has 0 aliphatic rings. The number of aromatic hydroxyl groups is 1. The fourth-order valence-electron chi connectivity index (χ4n) is 1.77. The number of esters is 1. The van der Waals surface area contributed by atoms with Gasteiger partial charge in [-0.25, -0.2) is 4.79 Å². The van der Waals surface area contributed by atoms with Crippen molar-refractivity contribution >= 4 is 29.2 Å². The molecule has 0 fully saturated rings. The van der Waals surface area contributed by atoms with Crippen LogP contribution in [0.2, 0.25) is 5.02 Å². The predicted molar refractivity (Wildman–Crippen MR) is 83.3 cm³/mol.